The molecule has 1 fully saturated rings. The topological polar surface area (TPSA) is 127 Å². The number of alkyl halides is 1. The molecule has 0 aliphatic carbocycles. The van der Waals surface area contributed by atoms with Crippen LogP contribution < -0.4 is 10.6 Å². The molecule has 1 saturated heterocycles. The Labute approximate surface area is 142 Å². The normalized spacial score (nSPS) is 24.2. The molecule has 0 spiro atoms. The highest BCUT2D eigenvalue weighted by atomic mass is 35.5. The molecule has 3 unspecified atom stereocenters. The lowest BCUT2D eigenvalue weighted by molar-refractivity contribution is -0.113. The zero-order valence-corrected chi connectivity index (χ0v) is 13.4. The summed E-state index contributed by atoms with van der Waals surface area (Å²) in [6, 6.07) is 4.12. The van der Waals surface area contributed by atoms with Gasteiger partial charge < -0.3 is 25.7 Å². The summed E-state index contributed by atoms with van der Waals surface area (Å²) in [6.07, 6.45) is -1.29. The molecular weight excluding hydrogens is 338 g/mol. The van der Waals surface area contributed by atoms with Gasteiger partial charge in [-0.25, -0.2) is 0 Å². The van der Waals surface area contributed by atoms with Crippen molar-refractivity contribution in [2.24, 2.45) is 0 Å². The summed E-state index contributed by atoms with van der Waals surface area (Å²) in [6.45, 7) is 0. The molecular formula is C15H18ClN3O5. The number of benzene rings is 1. The zero-order chi connectivity index (χ0) is 17.4. The van der Waals surface area contributed by atoms with Crippen LogP contribution in [0.5, 0.6) is 11.8 Å². The van der Waals surface area contributed by atoms with Crippen molar-refractivity contribution >= 4 is 34.0 Å². The van der Waals surface area contributed by atoms with E-state index in [1.165, 1.54) is 4.57 Å². The fourth-order valence-electron chi connectivity index (χ4n) is 3.08. The lowest BCUT2D eigenvalue weighted by Crippen LogP contribution is -2.47. The quantitative estimate of drug-likeness (QED) is 0.452. The first kappa shape index (κ1) is 16.8. The van der Waals surface area contributed by atoms with Crippen molar-refractivity contribution in [1.82, 2.24) is 9.88 Å². The van der Waals surface area contributed by atoms with Crippen LogP contribution in [0.15, 0.2) is 18.2 Å². The van der Waals surface area contributed by atoms with Crippen molar-refractivity contribution in [3.05, 3.63) is 18.2 Å². The van der Waals surface area contributed by atoms with Crippen molar-refractivity contribution in [3.63, 3.8) is 0 Å². The first-order valence-electron chi connectivity index (χ1n) is 7.47. The number of rotatable bonds is 3. The molecule has 24 heavy (non-hydrogen) atoms. The number of halogens is 1. The number of fused-ring (bicyclic) bond motifs is 1. The van der Waals surface area contributed by atoms with Crippen LogP contribution in [0.3, 0.4) is 0 Å². The average Bonchev–Trinajstić information content (AvgIpc) is 2.80. The Morgan fingerprint density at radius 2 is 2.04 bits per heavy atom. The first-order chi connectivity index (χ1) is 11.4. The minimum atomic E-state index is -1.15. The Bertz CT molecular complexity index is 778. The molecule has 6 N–H and O–H groups in total. The fourth-order valence-corrected chi connectivity index (χ4v) is 3.15. The number of hydrogen-bond acceptors (Lipinski definition) is 6. The maximum atomic E-state index is 11.5. The minimum absolute atomic E-state index is 0.230. The Hall–Kier alpha value is -2.00. The van der Waals surface area contributed by atoms with Gasteiger partial charge in [-0.15, -0.1) is 11.6 Å². The standard InChI is InChI=1S/C15H18ClN3O5/c16-6-11(21)17-8-3-1-2-7-12(8)15(24)19(14(7)23)9-4-5-10(20)18-13(9)22/h1-3,9-10,13,18,20,22-24H,4-6H2,(H,17,21). The lowest BCUT2D eigenvalue weighted by atomic mass is 10.0. The van der Waals surface area contributed by atoms with Gasteiger partial charge in [0, 0.05) is 5.39 Å². The minimum Gasteiger partial charge on any atom is -0.494 e. The zero-order valence-electron chi connectivity index (χ0n) is 12.6. The van der Waals surface area contributed by atoms with Gasteiger partial charge in [0.25, 0.3) is 0 Å². The number of amides is 1. The smallest absolute Gasteiger partial charge is 0.239 e. The van der Waals surface area contributed by atoms with Gasteiger partial charge in [-0.1, -0.05) is 6.07 Å². The van der Waals surface area contributed by atoms with E-state index in [2.05, 4.69) is 10.6 Å². The highest BCUT2D eigenvalue weighted by Crippen LogP contribution is 2.44. The molecule has 9 heteroatoms. The number of anilines is 1. The summed E-state index contributed by atoms with van der Waals surface area (Å²) in [5, 5.41) is 46.4. The number of carbonyl (C=O) groups excluding carboxylic acids is 1. The third-order valence-electron chi connectivity index (χ3n) is 4.18. The highest BCUT2D eigenvalue weighted by molar-refractivity contribution is 6.29. The van der Waals surface area contributed by atoms with Gasteiger partial charge in [-0.05, 0) is 25.0 Å². The third kappa shape index (κ3) is 2.78. The molecule has 2 aromatic rings. The van der Waals surface area contributed by atoms with Crippen LogP contribution in [0.25, 0.3) is 10.8 Å². The van der Waals surface area contributed by atoms with E-state index in [9.17, 15) is 25.2 Å². The predicted octanol–water partition coefficient (Wildman–Crippen LogP) is 0.791. The summed E-state index contributed by atoms with van der Waals surface area (Å²) in [5.74, 6) is -1.20. The maximum absolute atomic E-state index is 11.5. The Morgan fingerprint density at radius 1 is 1.29 bits per heavy atom. The summed E-state index contributed by atoms with van der Waals surface area (Å²) in [5.41, 5.74) is 0.308. The van der Waals surface area contributed by atoms with Gasteiger partial charge in [-0.2, -0.15) is 0 Å². The second-order valence-corrected chi connectivity index (χ2v) is 5.97. The number of nitrogens with zero attached hydrogens (tertiary/aromatic N) is 1. The van der Waals surface area contributed by atoms with E-state index in [1.807, 2.05) is 0 Å². The van der Waals surface area contributed by atoms with Crippen LogP contribution in [0.1, 0.15) is 18.9 Å². The van der Waals surface area contributed by atoms with Crippen molar-refractivity contribution in [3.8, 4) is 11.8 Å². The van der Waals surface area contributed by atoms with E-state index in [0.717, 1.165) is 0 Å². The second-order valence-electron chi connectivity index (χ2n) is 5.70. The molecule has 0 saturated carbocycles. The summed E-state index contributed by atoms with van der Waals surface area (Å²) >= 11 is 5.49. The maximum Gasteiger partial charge on any atom is 0.239 e. The predicted molar refractivity (Wildman–Crippen MR) is 88.0 cm³/mol. The van der Waals surface area contributed by atoms with Gasteiger partial charge >= 0.3 is 0 Å². The number of hydrogen-bond donors (Lipinski definition) is 6. The van der Waals surface area contributed by atoms with E-state index < -0.39 is 24.4 Å². The summed E-state index contributed by atoms with van der Waals surface area (Å²) < 4.78 is 1.20. The number of aliphatic hydroxyl groups is 2. The van der Waals surface area contributed by atoms with Gasteiger partial charge in [0.2, 0.25) is 17.7 Å². The van der Waals surface area contributed by atoms with Crippen LogP contribution in [-0.4, -0.2) is 49.2 Å². The molecule has 130 valence electrons. The van der Waals surface area contributed by atoms with Crippen molar-refractivity contribution < 1.29 is 25.2 Å². The van der Waals surface area contributed by atoms with E-state index in [0.29, 0.717) is 23.9 Å². The van der Waals surface area contributed by atoms with E-state index in [4.69, 9.17) is 11.6 Å². The molecule has 0 bridgehead atoms. The van der Waals surface area contributed by atoms with E-state index in [-0.39, 0.29) is 23.0 Å². The van der Waals surface area contributed by atoms with Crippen LogP contribution in [0, 0.1) is 0 Å². The number of piperidine rings is 1. The lowest BCUT2D eigenvalue weighted by Gasteiger charge is -2.33. The molecule has 0 radical (unpaired) electrons. The molecule has 1 aliphatic rings. The molecule has 3 rings (SSSR count). The number of carbonyl (C=O) groups is 1. The largest absolute Gasteiger partial charge is 0.494 e. The first-order valence-corrected chi connectivity index (χ1v) is 8.00. The number of aromatic hydroxyl groups is 2. The Morgan fingerprint density at radius 3 is 2.71 bits per heavy atom. The average molecular weight is 356 g/mol. The molecule has 2 heterocycles. The summed E-state index contributed by atoms with van der Waals surface area (Å²) in [7, 11) is 0. The second kappa shape index (κ2) is 6.48. The van der Waals surface area contributed by atoms with Crippen LogP contribution in [-0.2, 0) is 4.79 Å². The molecule has 1 aromatic carbocycles. The fraction of sp³-hybridized carbons (Fsp3) is 0.400. The van der Waals surface area contributed by atoms with Crippen LogP contribution >= 0.6 is 11.6 Å². The van der Waals surface area contributed by atoms with Crippen molar-refractivity contribution in [2.45, 2.75) is 31.3 Å². The highest BCUT2D eigenvalue weighted by Gasteiger charge is 2.33. The molecule has 3 atom stereocenters. The molecule has 1 aromatic heterocycles. The van der Waals surface area contributed by atoms with E-state index in [1.54, 1.807) is 18.2 Å². The van der Waals surface area contributed by atoms with Gasteiger partial charge in [0.15, 0.2) is 0 Å². The molecule has 1 aliphatic heterocycles. The molecule has 8 nitrogen and oxygen atoms in total. The van der Waals surface area contributed by atoms with Gasteiger partial charge in [0.05, 0.1) is 17.1 Å². The SMILES string of the molecule is O=C(CCl)Nc1cccc2c(O)n(C3CCC(O)NC3O)c(O)c12. The van der Waals surface area contributed by atoms with Crippen LogP contribution in [0.2, 0.25) is 0 Å². The van der Waals surface area contributed by atoms with Crippen molar-refractivity contribution in [2.75, 3.05) is 11.2 Å². The Kier molecular flexibility index (Phi) is 4.55. The number of nitrogens with one attached hydrogen (secondary N) is 2. The third-order valence-corrected chi connectivity index (χ3v) is 4.42. The summed E-state index contributed by atoms with van der Waals surface area (Å²) in [4.78, 5) is 11.5. The molecule has 1 amide bonds. The number of aromatic nitrogens is 1. The Balaban J connectivity index is 2.10. The van der Waals surface area contributed by atoms with E-state index >= 15 is 0 Å². The van der Waals surface area contributed by atoms with Crippen molar-refractivity contribution in [1.29, 1.82) is 0 Å². The number of aliphatic hydroxyl groups excluding tert-OH is 2. The van der Waals surface area contributed by atoms with Crippen LogP contribution in [0.4, 0.5) is 5.69 Å². The van der Waals surface area contributed by atoms with Gasteiger partial charge in [-0.3, -0.25) is 14.7 Å². The van der Waals surface area contributed by atoms with Gasteiger partial charge in [0.1, 0.15) is 18.3 Å². The monoisotopic (exact) mass is 355 g/mol.